The molecule has 2 fully saturated rings. The monoisotopic (exact) mass is 591 g/mol. The van der Waals surface area contributed by atoms with Crippen molar-refractivity contribution < 1.29 is 26.4 Å². The van der Waals surface area contributed by atoms with E-state index in [-0.39, 0.29) is 17.2 Å². The zero-order chi connectivity index (χ0) is 29.1. The lowest BCUT2D eigenvalue weighted by molar-refractivity contribution is -0.127. The SMILES string of the molecule is Cc1ccccc1N1CCN(c2ccc(C(=O)NCCCN3CCCC3=O)cc2N(S(C)(=O)=O)S(C)(=O)=O)CC1. The van der Waals surface area contributed by atoms with Gasteiger partial charge in [-0.05, 0) is 49.6 Å². The first kappa shape index (κ1) is 29.7. The van der Waals surface area contributed by atoms with Gasteiger partial charge in [0.05, 0.1) is 23.9 Å². The van der Waals surface area contributed by atoms with Crippen LogP contribution in [-0.2, 0) is 24.8 Å². The second kappa shape index (κ2) is 12.0. The lowest BCUT2D eigenvalue weighted by Crippen LogP contribution is -2.47. The molecule has 0 bridgehead atoms. The van der Waals surface area contributed by atoms with Gasteiger partial charge in [0.1, 0.15) is 0 Å². The highest BCUT2D eigenvalue weighted by atomic mass is 32.3. The van der Waals surface area contributed by atoms with Crippen LogP contribution >= 0.6 is 0 Å². The summed E-state index contributed by atoms with van der Waals surface area (Å²) in [4.78, 5) is 30.7. The summed E-state index contributed by atoms with van der Waals surface area (Å²) in [6, 6.07) is 12.6. The van der Waals surface area contributed by atoms with Crippen molar-refractivity contribution >= 4 is 48.9 Å². The summed E-state index contributed by atoms with van der Waals surface area (Å²) < 4.78 is 51.3. The third kappa shape index (κ3) is 6.87. The molecule has 2 aromatic rings. The number of likely N-dealkylation sites (tertiary alicyclic amines) is 1. The predicted molar refractivity (Wildman–Crippen MR) is 157 cm³/mol. The maximum Gasteiger partial charge on any atom is 0.251 e. The van der Waals surface area contributed by atoms with Gasteiger partial charge in [-0.15, -0.1) is 0 Å². The van der Waals surface area contributed by atoms with E-state index in [1.807, 2.05) is 30.0 Å². The molecule has 0 saturated carbocycles. The first-order valence-electron chi connectivity index (χ1n) is 13.3. The summed E-state index contributed by atoms with van der Waals surface area (Å²) in [6.07, 6.45) is 3.64. The molecule has 218 valence electrons. The molecule has 2 aliphatic rings. The lowest BCUT2D eigenvalue weighted by atomic mass is 10.1. The number of sulfonamides is 2. The summed E-state index contributed by atoms with van der Waals surface area (Å²) in [5, 5.41) is 2.80. The van der Waals surface area contributed by atoms with Gasteiger partial charge in [-0.25, -0.2) is 16.8 Å². The largest absolute Gasteiger partial charge is 0.368 e. The maximum absolute atomic E-state index is 13.0. The van der Waals surface area contributed by atoms with Crippen molar-refractivity contribution in [3.05, 3.63) is 53.6 Å². The predicted octanol–water partition coefficient (Wildman–Crippen LogP) is 1.79. The van der Waals surface area contributed by atoms with E-state index in [2.05, 4.69) is 16.3 Å². The van der Waals surface area contributed by atoms with Crippen LogP contribution < -0.4 is 18.8 Å². The number of para-hydroxylation sites is 1. The standard InChI is InChI=1S/C27H37N5O6S2/c1-21-8-4-5-9-23(21)29-16-18-30(19-17-29)24-12-11-22(20-25(24)32(39(2,35)36)40(3,37)38)27(34)28-13-7-15-31-14-6-10-26(31)33/h4-5,8-9,11-12,20H,6-7,10,13-19H2,1-3H3,(H,28,34). The number of rotatable bonds is 10. The Morgan fingerprint density at radius 1 is 0.900 bits per heavy atom. The molecule has 0 aromatic heterocycles. The van der Waals surface area contributed by atoms with Crippen LogP contribution in [0.15, 0.2) is 42.5 Å². The van der Waals surface area contributed by atoms with Crippen molar-refractivity contribution in [3.8, 4) is 0 Å². The van der Waals surface area contributed by atoms with Crippen LogP contribution in [0.1, 0.15) is 35.2 Å². The number of amides is 2. The molecule has 11 nitrogen and oxygen atoms in total. The van der Waals surface area contributed by atoms with Crippen LogP contribution in [-0.4, -0.2) is 91.9 Å². The van der Waals surface area contributed by atoms with Crippen molar-refractivity contribution in [1.29, 1.82) is 0 Å². The van der Waals surface area contributed by atoms with Gasteiger partial charge in [0, 0.05) is 63.5 Å². The van der Waals surface area contributed by atoms with Gasteiger partial charge in [0.15, 0.2) is 0 Å². The second-order valence-corrected chi connectivity index (χ2v) is 14.2. The summed E-state index contributed by atoms with van der Waals surface area (Å²) >= 11 is 0. The van der Waals surface area contributed by atoms with Gasteiger partial charge < -0.3 is 20.0 Å². The Hall–Kier alpha value is -3.32. The van der Waals surface area contributed by atoms with E-state index < -0.39 is 26.0 Å². The van der Waals surface area contributed by atoms with Crippen molar-refractivity contribution in [1.82, 2.24) is 10.2 Å². The molecule has 0 unspecified atom stereocenters. The lowest BCUT2D eigenvalue weighted by Gasteiger charge is -2.39. The Balaban J connectivity index is 1.56. The third-order valence-corrected chi connectivity index (χ3v) is 10.4. The number of hydrogen-bond donors (Lipinski definition) is 1. The van der Waals surface area contributed by atoms with E-state index in [0.29, 0.717) is 61.5 Å². The fourth-order valence-electron chi connectivity index (χ4n) is 5.30. The molecule has 40 heavy (non-hydrogen) atoms. The van der Waals surface area contributed by atoms with E-state index in [1.54, 1.807) is 17.0 Å². The normalized spacial score (nSPS) is 16.4. The van der Waals surface area contributed by atoms with E-state index in [1.165, 1.54) is 6.07 Å². The summed E-state index contributed by atoms with van der Waals surface area (Å²) in [6.45, 7) is 6.02. The Labute approximate surface area is 236 Å². The fraction of sp³-hybridized carbons (Fsp3) is 0.481. The minimum absolute atomic E-state index is 0.0790. The van der Waals surface area contributed by atoms with Gasteiger partial charge in [-0.3, -0.25) is 9.59 Å². The molecule has 2 aliphatic heterocycles. The number of carbonyl (C=O) groups excluding carboxylic acids is 2. The number of nitrogens with one attached hydrogen (secondary N) is 1. The fourth-order valence-corrected chi connectivity index (χ4v) is 8.28. The third-order valence-electron chi connectivity index (χ3n) is 7.17. The zero-order valence-electron chi connectivity index (χ0n) is 23.2. The smallest absolute Gasteiger partial charge is 0.251 e. The first-order valence-corrected chi connectivity index (χ1v) is 17.0. The van der Waals surface area contributed by atoms with Crippen molar-refractivity contribution in [2.45, 2.75) is 26.2 Å². The van der Waals surface area contributed by atoms with Crippen LogP contribution in [0.5, 0.6) is 0 Å². The number of carbonyl (C=O) groups is 2. The van der Waals surface area contributed by atoms with Gasteiger partial charge in [0.2, 0.25) is 26.0 Å². The van der Waals surface area contributed by atoms with E-state index >= 15 is 0 Å². The number of aryl methyl sites for hydroxylation is 1. The van der Waals surface area contributed by atoms with Gasteiger partial charge in [-0.2, -0.15) is 3.71 Å². The number of benzene rings is 2. The highest BCUT2D eigenvalue weighted by molar-refractivity contribution is 8.09. The van der Waals surface area contributed by atoms with Gasteiger partial charge in [-0.1, -0.05) is 18.2 Å². The Kier molecular flexibility index (Phi) is 8.93. The molecule has 0 spiro atoms. The molecule has 2 heterocycles. The molecule has 2 saturated heterocycles. The van der Waals surface area contributed by atoms with E-state index in [4.69, 9.17) is 0 Å². The van der Waals surface area contributed by atoms with Crippen LogP contribution in [0.4, 0.5) is 17.1 Å². The van der Waals surface area contributed by atoms with Crippen molar-refractivity contribution in [2.24, 2.45) is 0 Å². The van der Waals surface area contributed by atoms with Crippen LogP contribution in [0.25, 0.3) is 0 Å². The molecule has 13 heteroatoms. The van der Waals surface area contributed by atoms with Gasteiger partial charge in [0.25, 0.3) is 5.91 Å². The molecular weight excluding hydrogens is 554 g/mol. The van der Waals surface area contributed by atoms with Gasteiger partial charge >= 0.3 is 0 Å². The topological polar surface area (TPSA) is 127 Å². The number of piperazine rings is 1. The summed E-state index contributed by atoms with van der Waals surface area (Å²) in [5.41, 5.74) is 2.76. The molecule has 1 N–H and O–H groups in total. The summed E-state index contributed by atoms with van der Waals surface area (Å²) in [7, 11) is -8.47. The Morgan fingerprint density at radius 3 is 2.10 bits per heavy atom. The van der Waals surface area contributed by atoms with Crippen molar-refractivity contribution in [2.75, 3.05) is 71.8 Å². The number of anilines is 3. The molecule has 4 rings (SSSR count). The highest BCUT2D eigenvalue weighted by Crippen LogP contribution is 2.35. The minimum Gasteiger partial charge on any atom is -0.368 e. The second-order valence-electron chi connectivity index (χ2n) is 10.3. The quantitative estimate of drug-likeness (QED) is 0.415. The van der Waals surface area contributed by atoms with Crippen molar-refractivity contribution in [3.63, 3.8) is 0 Å². The average molecular weight is 592 g/mol. The maximum atomic E-state index is 13.0. The molecule has 0 radical (unpaired) electrons. The minimum atomic E-state index is -4.24. The molecule has 2 amide bonds. The Bertz CT molecular complexity index is 1440. The molecule has 0 atom stereocenters. The van der Waals surface area contributed by atoms with E-state index in [0.717, 1.165) is 36.7 Å². The average Bonchev–Trinajstić information content (AvgIpc) is 3.29. The van der Waals surface area contributed by atoms with Crippen LogP contribution in [0.3, 0.4) is 0 Å². The zero-order valence-corrected chi connectivity index (χ0v) is 24.8. The Morgan fingerprint density at radius 2 is 1.52 bits per heavy atom. The number of hydrogen-bond acceptors (Lipinski definition) is 8. The summed E-state index contributed by atoms with van der Waals surface area (Å²) in [5.74, 6) is -0.334. The number of nitrogens with zero attached hydrogens (tertiary/aromatic N) is 4. The molecule has 2 aromatic carbocycles. The highest BCUT2D eigenvalue weighted by Gasteiger charge is 2.32. The van der Waals surface area contributed by atoms with E-state index in [9.17, 15) is 26.4 Å². The first-order chi connectivity index (χ1) is 18.9. The van der Waals surface area contributed by atoms with Crippen LogP contribution in [0.2, 0.25) is 0 Å². The molecule has 0 aliphatic carbocycles. The molecular formula is C27H37N5O6S2. The van der Waals surface area contributed by atoms with Crippen LogP contribution in [0, 0.1) is 6.92 Å².